The van der Waals surface area contributed by atoms with Crippen LogP contribution in [0.1, 0.15) is 31.4 Å². The lowest BCUT2D eigenvalue weighted by Crippen LogP contribution is -1.99. The zero-order valence-electron chi connectivity index (χ0n) is 8.32. The number of unbranched alkanes of at least 4 members (excludes halogenated alkanes) is 3. The Morgan fingerprint density at radius 2 is 2.07 bits per heavy atom. The van der Waals surface area contributed by atoms with E-state index in [0.717, 1.165) is 37.9 Å². The van der Waals surface area contributed by atoms with Crippen LogP contribution in [0.2, 0.25) is 0 Å². The lowest BCUT2D eigenvalue weighted by Gasteiger charge is -2.03. The van der Waals surface area contributed by atoms with Crippen molar-refractivity contribution < 1.29 is 5.11 Å². The minimum absolute atomic E-state index is 0.285. The van der Waals surface area contributed by atoms with E-state index in [4.69, 9.17) is 10.4 Å². The minimum atomic E-state index is 0.285. The van der Waals surface area contributed by atoms with Gasteiger partial charge in [0.25, 0.3) is 0 Å². The predicted molar refractivity (Wildman–Crippen MR) is 54.7 cm³/mol. The monoisotopic (exact) mass is 192 g/mol. The van der Waals surface area contributed by atoms with Crippen LogP contribution < -0.4 is 0 Å². The van der Waals surface area contributed by atoms with Crippen molar-refractivity contribution in [2.45, 2.75) is 32.2 Å². The van der Waals surface area contributed by atoms with E-state index in [1.165, 1.54) is 0 Å². The van der Waals surface area contributed by atoms with Crippen molar-refractivity contribution in [3.8, 4) is 6.07 Å². The molecule has 76 valence electrons. The van der Waals surface area contributed by atoms with Gasteiger partial charge < -0.3 is 9.67 Å². The maximum Gasteiger partial charge on any atom is 0.120 e. The van der Waals surface area contributed by atoms with E-state index in [-0.39, 0.29) is 6.61 Å². The Hall–Kier alpha value is -1.27. The molecule has 0 atom stereocenters. The summed E-state index contributed by atoms with van der Waals surface area (Å²) in [6.07, 6.45) is 6.08. The molecule has 0 aromatic carbocycles. The second kappa shape index (κ2) is 6.22. The van der Waals surface area contributed by atoms with Gasteiger partial charge in [0.2, 0.25) is 0 Å². The first-order chi connectivity index (χ1) is 6.88. The summed E-state index contributed by atoms with van der Waals surface area (Å²) in [5, 5.41) is 17.3. The van der Waals surface area contributed by atoms with Crippen molar-refractivity contribution in [1.29, 1.82) is 5.26 Å². The molecule has 3 nitrogen and oxygen atoms in total. The summed E-state index contributed by atoms with van der Waals surface area (Å²) in [4.78, 5) is 0. The van der Waals surface area contributed by atoms with Gasteiger partial charge in [0.15, 0.2) is 0 Å². The number of hydrogen-bond donors (Lipinski definition) is 1. The Balaban J connectivity index is 2.22. The van der Waals surface area contributed by atoms with Crippen molar-refractivity contribution in [1.82, 2.24) is 4.57 Å². The minimum Gasteiger partial charge on any atom is -0.396 e. The van der Waals surface area contributed by atoms with Crippen molar-refractivity contribution in [2.75, 3.05) is 6.61 Å². The van der Waals surface area contributed by atoms with Crippen LogP contribution in [0.15, 0.2) is 18.3 Å². The smallest absolute Gasteiger partial charge is 0.120 e. The Morgan fingerprint density at radius 3 is 2.79 bits per heavy atom. The number of aryl methyl sites for hydroxylation is 1. The fourth-order valence-corrected chi connectivity index (χ4v) is 1.46. The van der Waals surface area contributed by atoms with Crippen LogP contribution >= 0.6 is 0 Å². The first kappa shape index (κ1) is 10.8. The van der Waals surface area contributed by atoms with Crippen LogP contribution in [0.5, 0.6) is 0 Å². The summed E-state index contributed by atoms with van der Waals surface area (Å²) < 4.78 is 1.97. The highest BCUT2D eigenvalue weighted by Gasteiger charge is 1.97. The summed E-state index contributed by atoms with van der Waals surface area (Å²) in [6, 6.07) is 5.87. The fourth-order valence-electron chi connectivity index (χ4n) is 1.46. The average Bonchev–Trinajstić information content (AvgIpc) is 2.65. The Kier molecular flexibility index (Phi) is 4.81. The molecular formula is C11H16N2O. The molecule has 1 rings (SSSR count). The van der Waals surface area contributed by atoms with E-state index < -0.39 is 0 Å². The summed E-state index contributed by atoms with van der Waals surface area (Å²) >= 11 is 0. The molecule has 0 aliphatic rings. The molecule has 0 amide bonds. The first-order valence-electron chi connectivity index (χ1n) is 5.04. The summed E-state index contributed by atoms with van der Waals surface area (Å²) in [5.41, 5.74) is 0.729. The number of aliphatic hydroxyl groups excluding tert-OH is 1. The van der Waals surface area contributed by atoms with E-state index in [2.05, 4.69) is 6.07 Å². The third-order valence-corrected chi connectivity index (χ3v) is 2.25. The highest BCUT2D eigenvalue weighted by molar-refractivity contribution is 5.21. The third-order valence-electron chi connectivity index (χ3n) is 2.25. The first-order valence-corrected chi connectivity index (χ1v) is 5.04. The van der Waals surface area contributed by atoms with E-state index in [9.17, 15) is 0 Å². The van der Waals surface area contributed by atoms with Gasteiger partial charge in [0.1, 0.15) is 11.8 Å². The number of rotatable bonds is 6. The largest absolute Gasteiger partial charge is 0.396 e. The maximum atomic E-state index is 8.74. The van der Waals surface area contributed by atoms with Gasteiger partial charge in [0.05, 0.1) is 0 Å². The molecule has 14 heavy (non-hydrogen) atoms. The number of nitriles is 1. The highest BCUT2D eigenvalue weighted by atomic mass is 16.2. The maximum absolute atomic E-state index is 8.74. The fraction of sp³-hybridized carbons (Fsp3) is 0.545. The van der Waals surface area contributed by atoms with Crippen LogP contribution in [-0.2, 0) is 6.54 Å². The van der Waals surface area contributed by atoms with Gasteiger partial charge in [0, 0.05) is 19.3 Å². The van der Waals surface area contributed by atoms with Crippen molar-refractivity contribution in [3.05, 3.63) is 24.0 Å². The average molecular weight is 192 g/mol. The summed E-state index contributed by atoms with van der Waals surface area (Å²) in [6.45, 7) is 1.19. The van der Waals surface area contributed by atoms with Crippen LogP contribution in [0.3, 0.4) is 0 Å². The molecular weight excluding hydrogens is 176 g/mol. The summed E-state index contributed by atoms with van der Waals surface area (Å²) in [5.74, 6) is 0. The SMILES string of the molecule is N#Cc1cccn1CCCCCCO. The normalized spacial score (nSPS) is 10.0. The molecule has 1 aromatic heterocycles. The van der Waals surface area contributed by atoms with Crippen LogP contribution in [0, 0.1) is 11.3 Å². The van der Waals surface area contributed by atoms with Crippen molar-refractivity contribution in [3.63, 3.8) is 0 Å². The molecule has 1 aromatic rings. The van der Waals surface area contributed by atoms with Crippen LogP contribution in [0.4, 0.5) is 0 Å². The van der Waals surface area contributed by atoms with Gasteiger partial charge in [-0.15, -0.1) is 0 Å². The molecule has 0 radical (unpaired) electrons. The van der Waals surface area contributed by atoms with Crippen molar-refractivity contribution >= 4 is 0 Å². The number of aromatic nitrogens is 1. The van der Waals surface area contributed by atoms with Gasteiger partial charge in [-0.05, 0) is 25.0 Å². The predicted octanol–water partition coefficient (Wildman–Crippen LogP) is 1.91. The van der Waals surface area contributed by atoms with Gasteiger partial charge in [-0.2, -0.15) is 5.26 Å². The lowest BCUT2D eigenvalue weighted by atomic mass is 10.2. The highest BCUT2D eigenvalue weighted by Crippen LogP contribution is 2.05. The second-order valence-electron chi connectivity index (χ2n) is 3.34. The van der Waals surface area contributed by atoms with E-state index in [1.54, 1.807) is 0 Å². The van der Waals surface area contributed by atoms with E-state index >= 15 is 0 Å². The van der Waals surface area contributed by atoms with Crippen LogP contribution in [-0.4, -0.2) is 16.3 Å². The molecule has 0 saturated heterocycles. The number of hydrogen-bond acceptors (Lipinski definition) is 2. The standard InChI is InChI=1S/C11H16N2O/c12-10-11-6-5-8-13(11)7-3-1-2-4-9-14/h5-6,8,14H,1-4,7,9H2. The van der Waals surface area contributed by atoms with Gasteiger partial charge >= 0.3 is 0 Å². The molecule has 1 N–H and O–H groups in total. The zero-order valence-corrected chi connectivity index (χ0v) is 8.32. The van der Waals surface area contributed by atoms with E-state index in [1.807, 2.05) is 22.9 Å². The summed E-state index contributed by atoms with van der Waals surface area (Å²) in [7, 11) is 0. The van der Waals surface area contributed by atoms with E-state index in [0.29, 0.717) is 0 Å². The molecule has 3 heteroatoms. The third kappa shape index (κ3) is 3.23. The van der Waals surface area contributed by atoms with Crippen molar-refractivity contribution in [2.24, 2.45) is 0 Å². The molecule has 1 heterocycles. The Bertz CT molecular complexity index is 298. The number of nitrogens with zero attached hydrogens (tertiary/aromatic N) is 2. The molecule has 0 bridgehead atoms. The van der Waals surface area contributed by atoms with Crippen LogP contribution in [0.25, 0.3) is 0 Å². The molecule has 0 fully saturated rings. The number of aliphatic hydroxyl groups is 1. The van der Waals surface area contributed by atoms with Gasteiger partial charge in [-0.25, -0.2) is 0 Å². The molecule has 0 aliphatic carbocycles. The molecule has 0 spiro atoms. The topological polar surface area (TPSA) is 49.0 Å². The Morgan fingerprint density at radius 1 is 1.29 bits per heavy atom. The quantitative estimate of drug-likeness (QED) is 0.700. The molecule has 0 unspecified atom stereocenters. The van der Waals surface area contributed by atoms with Gasteiger partial charge in [-0.3, -0.25) is 0 Å². The molecule has 0 aliphatic heterocycles. The Labute approximate surface area is 84.6 Å². The molecule has 0 saturated carbocycles. The lowest BCUT2D eigenvalue weighted by molar-refractivity contribution is 0.282. The van der Waals surface area contributed by atoms with Gasteiger partial charge in [-0.1, -0.05) is 12.8 Å². The second-order valence-corrected chi connectivity index (χ2v) is 3.34. The zero-order chi connectivity index (χ0) is 10.2.